The van der Waals surface area contributed by atoms with Gasteiger partial charge in [0.05, 0.1) is 12.9 Å². The average molecular weight is 236 g/mol. The molecule has 0 aromatic heterocycles. The minimum absolute atomic E-state index is 0.0404. The maximum absolute atomic E-state index is 11.0. The number of aliphatic hydroxyl groups is 1. The number of hydrogen-bond donors (Lipinski definition) is 1. The molecule has 17 heavy (non-hydrogen) atoms. The summed E-state index contributed by atoms with van der Waals surface area (Å²) in [6.07, 6.45) is 10.4. The van der Waals surface area contributed by atoms with Gasteiger partial charge in [0.2, 0.25) is 0 Å². The van der Waals surface area contributed by atoms with Crippen LogP contribution in [0.5, 0.6) is 0 Å². The fraction of sp³-hybridized carbons (Fsp3) is 0.357. The molecule has 0 bridgehead atoms. The van der Waals surface area contributed by atoms with Gasteiger partial charge in [-0.15, -0.1) is 0 Å². The van der Waals surface area contributed by atoms with E-state index >= 15 is 0 Å². The van der Waals surface area contributed by atoms with E-state index in [0.717, 1.165) is 18.4 Å². The normalized spacial score (nSPS) is 12.3. The van der Waals surface area contributed by atoms with Crippen molar-refractivity contribution in [1.82, 2.24) is 0 Å². The third-order valence-corrected chi connectivity index (χ3v) is 1.92. The highest BCUT2D eigenvalue weighted by molar-refractivity contribution is 5.87. The zero-order valence-corrected chi connectivity index (χ0v) is 10.5. The Bertz CT molecular complexity index is 335. The van der Waals surface area contributed by atoms with Gasteiger partial charge >= 0.3 is 5.97 Å². The second-order valence-corrected chi connectivity index (χ2v) is 3.57. The van der Waals surface area contributed by atoms with Crippen LogP contribution in [0.25, 0.3) is 0 Å². The molecule has 0 aromatic carbocycles. The Morgan fingerprint density at radius 3 is 2.65 bits per heavy atom. The Balaban J connectivity index is 3.87. The van der Waals surface area contributed by atoms with Crippen LogP contribution in [0.2, 0.25) is 0 Å². The van der Waals surface area contributed by atoms with Crippen LogP contribution >= 0.6 is 0 Å². The Hall–Kier alpha value is -1.61. The molecule has 0 saturated carbocycles. The molecule has 0 atom stereocenters. The van der Waals surface area contributed by atoms with Crippen LogP contribution in [0.15, 0.2) is 48.3 Å². The van der Waals surface area contributed by atoms with Crippen LogP contribution in [0, 0.1) is 0 Å². The van der Waals surface area contributed by atoms with E-state index in [9.17, 15) is 4.79 Å². The molecule has 94 valence electrons. The number of carbonyl (C=O) groups is 1. The highest BCUT2D eigenvalue weighted by Crippen LogP contribution is 2.02. The first-order chi connectivity index (χ1) is 8.11. The van der Waals surface area contributed by atoms with Gasteiger partial charge in [-0.3, -0.25) is 0 Å². The van der Waals surface area contributed by atoms with Crippen molar-refractivity contribution in [3.8, 4) is 0 Å². The Kier molecular flexibility index (Phi) is 8.69. The minimum atomic E-state index is -0.415. The Labute approximate surface area is 103 Å². The molecular weight excluding hydrogens is 216 g/mol. The van der Waals surface area contributed by atoms with Crippen LogP contribution in [0.1, 0.15) is 26.7 Å². The summed E-state index contributed by atoms with van der Waals surface area (Å²) in [6, 6.07) is 0. The molecule has 0 rings (SSSR count). The van der Waals surface area contributed by atoms with Gasteiger partial charge in [-0.2, -0.15) is 0 Å². The first kappa shape index (κ1) is 15.4. The molecule has 3 nitrogen and oxygen atoms in total. The van der Waals surface area contributed by atoms with Crippen molar-refractivity contribution >= 4 is 5.97 Å². The molecule has 0 radical (unpaired) electrons. The quantitative estimate of drug-likeness (QED) is 0.243. The lowest BCUT2D eigenvalue weighted by molar-refractivity contribution is -0.133. The Morgan fingerprint density at radius 2 is 2.12 bits per heavy atom. The predicted octanol–water partition coefficient (Wildman–Crippen LogP) is 2.89. The fourth-order valence-electron chi connectivity index (χ4n) is 1.04. The molecule has 1 N–H and O–H groups in total. The predicted molar refractivity (Wildman–Crippen MR) is 69.3 cm³/mol. The van der Waals surface area contributed by atoms with Gasteiger partial charge in [0.25, 0.3) is 0 Å². The number of aliphatic hydroxyl groups excluding tert-OH is 1. The summed E-state index contributed by atoms with van der Waals surface area (Å²) < 4.78 is 4.78. The third-order valence-electron chi connectivity index (χ3n) is 1.92. The number of allylic oxidation sites excluding steroid dienone is 3. The van der Waals surface area contributed by atoms with Gasteiger partial charge in [0.15, 0.2) is 0 Å². The standard InChI is InChI=1S/C14H20O3/c1-4-8-13(11-15)9-6-5-7-10-17-14(16)12(2)3/h4,7-10,15H,2,5-6,11H2,1,3H3/b8-4?,10-7-,13-9+. The molecule has 0 fully saturated rings. The van der Waals surface area contributed by atoms with Gasteiger partial charge in [-0.1, -0.05) is 24.8 Å². The summed E-state index contributed by atoms with van der Waals surface area (Å²) in [4.78, 5) is 11.0. The van der Waals surface area contributed by atoms with Crippen LogP contribution < -0.4 is 0 Å². The van der Waals surface area contributed by atoms with E-state index in [0.29, 0.717) is 5.57 Å². The largest absolute Gasteiger partial charge is 0.431 e. The molecule has 3 heteroatoms. The van der Waals surface area contributed by atoms with E-state index in [2.05, 4.69) is 6.58 Å². The van der Waals surface area contributed by atoms with Crippen molar-refractivity contribution in [2.45, 2.75) is 26.7 Å². The summed E-state index contributed by atoms with van der Waals surface area (Å²) in [7, 11) is 0. The van der Waals surface area contributed by atoms with Crippen molar-refractivity contribution in [3.63, 3.8) is 0 Å². The maximum atomic E-state index is 11.0. The molecule has 0 aromatic rings. The highest BCUT2D eigenvalue weighted by Gasteiger charge is 1.98. The van der Waals surface area contributed by atoms with Crippen molar-refractivity contribution < 1.29 is 14.6 Å². The van der Waals surface area contributed by atoms with Gasteiger partial charge in [-0.25, -0.2) is 4.79 Å². The van der Waals surface area contributed by atoms with Gasteiger partial charge < -0.3 is 9.84 Å². The topological polar surface area (TPSA) is 46.5 Å². The average Bonchev–Trinajstić information content (AvgIpc) is 2.31. The summed E-state index contributed by atoms with van der Waals surface area (Å²) in [5.41, 5.74) is 1.27. The maximum Gasteiger partial charge on any atom is 0.337 e. The summed E-state index contributed by atoms with van der Waals surface area (Å²) in [5.74, 6) is -0.415. The first-order valence-corrected chi connectivity index (χ1v) is 5.56. The zero-order valence-electron chi connectivity index (χ0n) is 10.5. The van der Waals surface area contributed by atoms with E-state index in [4.69, 9.17) is 9.84 Å². The van der Waals surface area contributed by atoms with E-state index in [1.54, 1.807) is 13.0 Å². The monoisotopic (exact) mass is 236 g/mol. The van der Waals surface area contributed by atoms with Gasteiger partial charge in [0, 0.05) is 5.57 Å². The van der Waals surface area contributed by atoms with E-state index in [1.807, 2.05) is 25.2 Å². The number of ether oxygens (including phenoxy) is 1. The molecular formula is C14H20O3. The SMILES string of the molecule is C=C(C)C(=O)O/C=C\CC/C=C(\C=CC)CO. The number of rotatable bonds is 7. The molecule has 0 amide bonds. The second kappa shape index (κ2) is 9.60. The van der Waals surface area contributed by atoms with Crippen LogP contribution in [-0.4, -0.2) is 17.7 Å². The molecule has 0 unspecified atom stereocenters. The number of hydrogen-bond acceptors (Lipinski definition) is 3. The molecule has 0 spiro atoms. The lowest BCUT2D eigenvalue weighted by Crippen LogP contribution is -1.98. The van der Waals surface area contributed by atoms with Crippen molar-refractivity contribution in [2.75, 3.05) is 6.61 Å². The van der Waals surface area contributed by atoms with Crippen LogP contribution in [-0.2, 0) is 9.53 Å². The number of esters is 1. The first-order valence-electron chi connectivity index (χ1n) is 5.56. The van der Waals surface area contributed by atoms with Crippen molar-refractivity contribution in [1.29, 1.82) is 0 Å². The molecule has 0 saturated heterocycles. The summed E-state index contributed by atoms with van der Waals surface area (Å²) in [5, 5.41) is 8.98. The van der Waals surface area contributed by atoms with Gasteiger partial charge in [0.1, 0.15) is 0 Å². The minimum Gasteiger partial charge on any atom is -0.431 e. The van der Waals surface area contributed by atoms with E-state index in [-0.39, 0.29) is 6.61 Å². The van der Waals surface area contributed by atoms with E-state index < -0.39 is 5.97 Å². The number of unbranched alkanes of at least 4 members (excludes halogenated alkanes) is 1. The van der Waals surface area contributed by atoms with Crippen LogP contribution in [0.4, 0.5) is 0 Å². The van der Waals surface area contributed by atoms with Gasteiger partial charge in [-0.05, 0) is 38.3 Å². The third kappa shape index (κ3) is 8.22. The lowest BCUT2D eigenvalue weighted by Gasteiger charge is -1.97. The Morgan fingerprint density at radius 1 is 1.41 bits per heavy atom. The molecule has 0 aliphatic rings. The van der Waals surface area contributed by atoms with Crippen molar-refractivity contribution in [2.24, 2.45) is 0 Å². The summed E-state index contributed by atoms with van der Waals surface area (Å²) in [6.45, 7) is 7.02. The zero-order chi connectivity index (χ0) is 13.1. The highest BCUT2D eigenvalue weighted by atomic mass is 16.5. The van der Waals surface area contributed by atoms with Crippen molar-refractivity contribution in [3.05, 3.63) is 48.3 Å². The molecule has 0 aliphatic heterocycles. The second-order valence-electron chi connectivity index (χ2n) is 3.57. The lowest BCUT2D eigenvalue weighted by atomic mass is 10.2. The molecule has 0 aliphatic carbocycles. The van der Waals surface area contributed by atoms with E-state index in [1.165, 1.54) is 6.26 Å². The summed E-state index contributed by atoms with van der Waals surface area (Å²) >= 11 is 0. The van der Waals surface area contributed by atoms with Crippen LogP contribution in [0.3, 0.4) is 0 Å². The fourth-order valence-corrected chi connectivity index (χ4v) is 1.04. The molecule has 0 heterocycles. The smallest absolute Gasteiger partial charge is 0.337 e. The number of carbonyl (C=O) groups excluding carboxylic acids is 1.